The average molecular weight is 255 g/mol. The summed E-state index contributed by atoms with van der Waals surface area (Å²) in [7, 11) is 0. The summed E-state index contributed by atoms with van der Waals surface area (Å²) >= 11 is 6.40. The second kappa shape index (κ2) is 4.67. The van der Waals surface area contributed by atoms with Crippen LogP contribution in [-0.4, -0.2) is 10.2 Å². The highest BCUT2D eigenvalue weighted by atomic mass is 35.5. The van der Waals surface area contributed by atoms with Crippen molar-refractivity contribution in [2.24, 2.45) is 0 Å². The monoisotopic (exact) mass is 254 g/mol. The summed E-state index contributed by atoms with van der Waals surface area (Å²) in [6, 6.07) is 19.9. The lowest BCUT2D eigenvalue weighted by Gasteiger charge is -1.99. The molecule has 1 aromatic heterocycles. The van der Waals surface area contributed by atoms with Crippen LogP contribution < -0.4 is 0 Å². The molecule has 1 N–H and O–H groups in total. The van der Waals surface area contributed by atoms with Crippen LogP contribution in [0.4, 0.5) is 0 Å². The Morgan fingerprint density at radius 3 is 1.94 bits per heavy atom. The van der Waals surface area contributed by atoms with Gasteiger partial charge in [-0.3, -0.25) is 5.10 Å². The molecule has 0 aliphatic heterocycles. The van der Waals surface area contributed by atoms with E-state index in [1.807, 2.05) is 60.7 Å². The Kier molecular flexibility index (Phi) is 2.87. The highest BCUT2D eigenvalue weighted by molar-refractivity contribution is 6.35. The summed E-state index contributed by atoms with van der Waals surface area (Å²) in [6.07, 6.45) is 0. The van der Waals surface area contributed by atoms with Crippen molar-refractivity contribution in [1.82, 2.24) is 10.2 Å². The van der Waals surface area contributed by atoms with Crippen molar-refractivity contribution in [3.05, 3.63) is 65.7 Å². The quantitative estimate of drug-likeness (QED) is 0.722. The molecule has 3 aromatic rings. The molecule has 0 unspecified atom stereocenters. The average Bonchev–Trinajstić information content (AvgIpc) is 2.83. The van der Waals surface area contributed by atoms with Crippen molar-refractivity contribution >= 4 is 11.6 Å². The van der Waals surface area contributed by atoms with Gasteiger partial charge in [-0.05, 0) is 0 Å². The zero-order valence-corrected chi connectivity index (χ0v) is 10.4. The molecule has 0 saturated carbocycles. The number of nitrogens with one attached hydrogen (secondary N) is 1. The number of hydrogen-bond donors (Lipinski definition) is 1. The van der Waals surface area contributed by atoms with E-state index in [9.17, 15) is 0 Å². The molecule has 0 aliphatic rings. The summed E-state index contributed by atoms with van der Waals surface area (Å²) < 4.78 is 0. The Hall–Kier alpha value is -2.06. The van der Waals surface area contributed by atoms with E-state index in [1.54, 1.807) is 0 Å². The molecule has 2 nitrogen and oxygen atoms in total. The Balaban J connectivity index is 2.09. The fraction of sp³-hybridized carbons (Fsp3) is 0. The van der Waals surface area contributed by atoms with Crippen LogP contribution in [-0.2, 0) is 0 Å². The first-order valence-electron chi connectivity index (χ1n) is 5.71. The molecule has 3 heteroatoms. The molecule has 0 radical (unpaired) electrons. The zero-order chi connectivity index (χ0) is 12.4. The SMILES string of the molecule is Clc1c(-c2ccccc2)n[nH]c1-c1ccccc1. The molecule has 0 fully saturated rings. The van der Waals surface area contributed by atoms with Gasteiger partial charge >= 0.3 is 0 Å². The maximum absolute atomic E-state index is 6.40. The van der Waals surface area contributed by atoms with Crippen molar-refractivity contribution in [2.75, 3.05) is 0 Å². The van der Waals surface area contributed by atoms with Gasteiger partial charge < -0.3 is 0 Å². The fourth-order valence-electron chi connectivity index (χ4n) is 1.91. The van der Waals surface area contributed by atoms with E-state index in [1.165, 1.54) is 0 Å². The minimum atomic E-state index is 0.660. The molecule has 18 heavy (non-hydrogen) atoms. The van der Waals surface area contributed by atoms with Crippen LogP contribution in [0.5, 0.6) is 0 Å². The maximum Gasteiger partial charge on any atom is 0.111 e. The minimum Gasteiger partial charge on any atom is -0.276 e. The molecular formula is C15H11ClN2. The van der Waals surface area contributed by atoms with Crippen LogP contribution in [0.2, 0.25) is 5.02 Å². The highest BCUT2D eigenvalue weighted by Gasteiger charge is 2.13. The van der Waals surface area contributed by atoms with Crippen LogP contribution >= 0.6 is 11.6 Å². The van der Waals surface area contributed by atoms with E-state index in [-0.39, 0.29) is 0 Å². The number of aromatic amines is 1. The van der Waals surface area contributed by atoms with Gasteiger partial charge in [-0.2, -0.15) is 5.10 Å². The smallest absolute Gasteiger partial charge is 0.111 e. The van der Waals surface area contributed by atoms with Gasteiger partial charge in [0.2, 0.25) is 0 Å². The third-order valence-electron chi connectivity index (χ3n) is 2.82. The molecule has 2 aromatic carbocycles. The first-order valence-corrected chi connectivity index (χ1v) is 6.09. The summed E-state index contributed by atoms with van der Waals surface area (Å²) in [5.74, 6) is 0. The van der Waals surface area contributed by atoms with Crippen molar-refractivity contribution in [1.29, 1.82) is 0 Å². The maximum atomic E-state index is 6.40. The summed E-state index contributed by atoms with van der Waals surface area (Å²) in [6.45, 7) is 0. The normalized spacial score (nSPS) is 10.5. The summed E-state index contributed by atoms with van der Waals surface area (Å²) in [4.78, 5) is 0. The van der Waals surface area contributed by atoms with Crippen LogP contribution in [0.1, 0.15) is 0 Å². The lowest BCUT2D eigenvalue weighted by Crippen LogP contribution is -1.77. The molecule has 0 amide bonds. The van der Waals surface area contributed by atoms with Gasteiger partial charge in [0.05, 0.1) is 10.7 Å². The number of aromatic nitrogens is 2. The van der Waals surface area contributed by atoms with Crippen molar-refractivity contribution in [2.45, 2.75) is 0 Å². The number of H-pyrrole nitrogens is 1. The predicted molar refractivity (Wildman–Crippen MR) is 74.5 cm³/mol. The number of rotatable bonds is 2. The van der Waals surface area contributed by atoms with E-state index in [4.69, 9.17) is 11.6 Å². The van der Waals surface area contributed by atoms with Gasteiger partial charge in [-0.15, -0.1) is 0 Å². The van der Waals surface area contributed by atoms with Gasteiger partial charge in [0.25, 0.3) is 0 Å². The fourth-order valence-corrected chi connectivity index (χ4v) is 2.21. The van der Waals surface area contributed by atoms with Gasteiger partial charge in [-0.25, -0.2) is 0 Å². The Labute approximate surface area is 110 Å². The third kappa shape index (κ3) is 1.91. The van der Waals surface area contributed by atoms with Crippen LogP contribution in [0.15, 0.2) is 60.7 Å². The summed E-state index contributed by atoms with van der Waals surface area (Å²) in [5, 5.41) is 7.97. The molecule has 0 spiro atoms. The Bertz CT molecular complexity index is 588. The number of nitrogens with zero attached hydrogens (tertiary/aromatic N) is 1. The molecule has 0 bridgehead atoms. The van der Waals surface area contributed by atoms with Crippen molar-refractivity contribution in [3.8, 4) is 22.5 Å². The van der Waals surface area contributed by atoms with E-state index in [2.05, 4.69) is 10.2 Å². The molecule has 0 aliphatic carbocycles. The second-order valence-corrected chi connectivity index (χ2v) is 4.37. The van der Waals surface area contributed by atoms with Gasteiger partial charge in [0.15, 0.2) is 0 Å². The van der Waals surface area contributed by atoms with Gasteiger partial charge in [-0.1, -0.05) is 72.3 Å². The highest BCUT2D eigenvalue weighted by Crippen LogP contribution is 2.33. The molecule has 3 rings (SSSR count). The van der Waals surface area contributed by atoms with Gasteiger partial charge in [0, 0.05) is 11.1 Å². The van der Waals surface area contributed by atoms with E-state index in [0.29, 0.717) is 5.02 Å². The standard InChI is InChI=1S/C15H11ClN2/c16-13-14(11-7-3-1-4-8-11)17-18-15(13)12-9-5-2-6-10-12/h1-10H,(H,17,18). The minimum absolute atomic E-state index is 0.660. The second-order valence-electron chi connectivity index (χ2n) is 3.99. The van der Waals surface area contributed by atoms with Crippen LogP contribution in [0, 0.1) is 0 Å². The lowest BCUT2D eigenvalue weighted by molar-refractivity contribution is 1.10. The number of hydrogen-bond acceptors (Lipinski definition) is 1. The molecular weight excluding hydrogens is 244 g/mol. The Morgan fingerprint density at radius 2 is 1.33 bits per heavy atom. The van der Waals surface area contributed by atoms with Crippen LogP contribution in [0.25, 0.3) is 22.5 Å². The van der Waals surface area contributed by atoms with Crippen molar-refractivity contribution in [3.63, 3.8) is 0 Å². The summed E-state index contributed by atoms with van der Waals surface area (Å²) in [5.41, 5.74) is 3.70. The number of benzene rings is 2. The predicted octanol–water partition coefficient (Wildman–Crippen LogP) is 4.40. The third-order valence-corrected chi connectivity index (χ3v) is 3.18. The van der Waals surface area contributed by atoms with Gasteiger partial charge in [0.1, 0.15) is 5.69 Å². The largest absolute Gasteiger partial charge is 0.276 e. The first-order chi connectivity index (χ1) is 8.86. The Morgan fingerprint density at radius 1 is 0.778 bits per heavy atom. The van der Waals surface area contributed by atoms with Crippen LogP contribution in [0.3, 0.4) is 0 Å². The number of halogens is 1. The topological polar surface area (TPSA) is 28.7 Å². The van der Waals surface area contributed by atoms with E-state index >= 15 is 0 Å². The zero-order valence-electron chi connectivity index (χ0n) is 9.60. The molecule has 0 atom stereocenters. The first kappa shape index (κ1) is 11.1. The van der Waals surface area contributed by atoms with E-state index in [0.717, 1.165) is 22.5 Å². The molecule has 0 saturated heterocycles. The molecule has 88 valence electrons. The van der Waals surface area contributed by atoms with E-state index < -0.39 is 0 Å². The lowest BCUT2D eigenvalue weighted by atomic mass is 10.1. The molecule has 1 heterocycles. The van der Waals surface area contributed by atoms with Crippen molar-refractivity contribution < 1.29 is 0 Å².